The highest BCUT2D eigenvalue weighted by Crippen LogP contribution is 2.35. The summed E-state index contributed by atoms with van der Waals surface area (Å²) in [5, 5.41) is 0. The number of rotatable bonds is 1. The molecular weight excluding hydrogens is 307 g/mol. The second-order valence-electron chi connectivity index (χ2n) is 5.61. The Morgan fingerprint density at radius 1 is 0.952 bits per heavy atom. The molecule has 0 heterocycles. The molecule has 3 nitrogen and oxygen atoms in total. The summed E-state index contributed by atoms with van der Waals surface area (Å²) < 4.78 is 0. The van der Waals surface area contributed by atoms with Crippen LogP contribution in [-0.4, -0.2) is 5.48 Å². The van der Waals surface area contributed by atoms with E-state index >= 15 is 0 Å². The van der Waals surface area contributed by atoms with Crippen molar-refractivity contribution in [3.05, 3.63) is 57.8 Å². The zero-order valence-electron chi connectivity index (χ0n) is 13.0. The average molecular weight is 333 g/mol. The zero-order chi connectivity index (χ0) is 13.5. The fraction of sp³-hybridized carbons (Fsp3) is 0.375. The summed E-state index contributed by atoms with van der Waals surface area (Å²) in [4.78, 5) is 0. The van der Waals surface area contributed by atoms with Crippen molar-refractivity contribution in [2.45, 2.75) is 39.7 Å². The lowest BCUT2D eigenvalue weighted by atomic mass is 9.78. The van der Waals surface area contributed by atoms with Gasteiger partial charge in [0, 0.05) is 5.70 Å². The van der Waals surface area contributed by atoms with Gasteiger partial charge < -0.3 is 16.9 Å². The summed E-state index contributed by atoms with van der Waals surface area (Å²) in [6.07, 6.45) is 2.89. The van der Waals surface area contributed by atoms with Crippen molar-refractivity contribution < 1.29 is 5.48 Å². The van der Waals surface area contributed by atoms with Gasteiger partial charge >= 0.3 is 0 Å². The van der Waals surface area contributed by atoms with Crippen LogP contribution < -0.4 is 11.5 Å². The maximum Gasteiger partial charge on any atom is 0.0640 e. The van der Waals surface area contributed by atoms with Gasteiger partial charge in [-0.1, -0.05) is 35.4 Å². The summed E-state index contributed by atoms with van der Waals surface area (Å²) in [6.45, 7) is 8.31. The molecule has 0 fully saturated rings. The van der Waals surface area contributed by atoms with E-state index in [4.69, 9.17) is 11.5 Å². The van der Waals surface area contributed by atoms with Crippen LogP contribution in [0.3, 0.4) is 0 Å². The molecule has 1 aliphatic carbocycles. The third-order valence-corrected chi connectivity index (χ3v) is 3.68. The molecule has 1 aromatic carbocycles. The van der Waals surface area contributed by atoms with Gasteiger partial charge in [0.15, 0.2) is 0 Å². The zero-order valence-corrected chi connectivity index (χ0v) is 14.6. The van der Waals surface area contributed by atoms with Gasteiger partial charge in [-0.3, -0.25) is 0 Å². The number of halogens is 2. The Kier molecular flexibility index (Phi) is 8.33. The number of benzene rings is 1. The van der Waals surface area contributed by atoms with Crippen LogP contribution in [0.1, 0.15) is 37.0 Å². The predicted octanol–water partition coefficient (Wildman–Crippen LogP) is 3.06. The van der Waals surface area contributed by atoms with Crippen molar-refractivity contribution in [1.82, 2.24) is 0 Å². The van der Waals surface area contributed by atoms with E-state index in [1.807, 2.05) is 6.92 Å². The van der Waals surface area contributed by atoms with E-state index in [1.165, 1.54) is 22.3 Å². The quantitative estimate of drug-likeness (QED) is 0.828. The summed E-state index contributed by atoms with van der Waals surface area (Å²) in [5.41, 5.74) is 19.0. The van der Waals surface area contributed by atoms with E-state index in [1.54, 1.807) is 0 Å². The maximum atomic E-state index is 6.60. The molecule has 0 spiro atoms. The molecule has 5 heteroatoms. The predicted molar refractivity (Wildman–Crippen MR) is 95.2 cm³/mol. The van der Waals surface area contributed by atoms with Crippen molar-refractivity contribution in [3.63, 3.8) is 0 Å². The SMILES string of the molecule is CC1=CC(N)(c2cc(C)cc(C)c2)CC(C)=C1N.Cl.Cl.O. The van der Waals surface area contributed by atoms with Crippen LogP contribution in [0.4, 0.5) is 0 Å². The Bertz CT molecular complexity index is 547. The van der Waals surface area contributed by atoms with Crippen LogP contribution in [0.15, 0.2) is 41.1 Å². The van der Waals surface area contributed by atoms with E-state index in [-0.39, 0.29) is 30.3 Å². The van der Waals surface area contributed by atoms with Gasteiger partial charge in [0.25, 0.3) is 0 Å². The topological polar surface area (TPSA) is 83.5 Å². The van der Waals surface area contributed by atoms with Gasteiger partial charge in [0.1, 0.15) is 0 Å². The Labute approximate surface area is 139 Å². The largest absolute Gasteiger partial charge is 0.412 e. The normalized spacial score (nSPS) is 20.7. The second kappa shape index (κ2) is 7.85. The Hall–Kier alpha value is -1.000. The lowest BCUT2D eigenvalue weighted by Gasteiger charge is -2.33. The average Bonchev–Trinajstić information content (AvgIpc) is 2.24. The molecule has 120 valence electrons. The van der Waals surface area contributed by atoms with Crippen molar-refractivity contribution in [2.75, 3.05) is 0 Å². The number of allylic oxidation sites excluding steroid dienone is 1. The number of nitrogens with two attached hydrogens (primary N) is 2. The molecule has 0 saturated carbocycles. The van der Waals surface area contributed by atoms with Gasteiger partial charge in [-0.25, -0.2) is 0 Å². The van der Waals surface area contributed by atoms with Crippen LogP contribution in [0, 0.1) is 13.8 Å². The van der Waals surface area contributed by atoms with Gasteiger partial charge in [0.2, 0.25) is 0 Å². The molecule has 1 aromatic rings. The first-order valence-corrected chi connectivity index (χ1v) is 6.34. The van der Waals surface area contributed by atoms with Crippen molar-refractivity contribution in [1.29, 1.82) is 0 Å². The fourth-order valence-corrected chi connectivity index (χ4v) is 2.81. The molecule has 0 aromatic heterocycles. The monoisotopic (exact) mass is 332 g/mol. The molecule has 1 unspecified atom stereocenters. The van der Waals surface area contributed by atoms with Crippen LogP contribution in [-0.2, 0) is 5.54 Å². The lowest BCUT2D eigenvalue weighted by molar-refractivity contribution is 0.538. The van der Waals surface area contributed by atoms with Gasteiger partial charge in [-0.15, -0.1) is 24.8 Å². The number of hydrogen-bond donors (Lipinski definition) is 2. The van der Waals surface area contributed by atoms with Gasteiger partial charge in [-0.2, -0.15) is 0 Å². The molecule has 0 saturated heterocycles. The van der Waals surface area contributed by atoms with E-state index < -0.39 is 5.54 Å². The molecule has 6 N–H and O–H groups in total. The minimum absolute atomic E-state index is 0. The standard InChI is InChI=1S/C16H22N2.2ClH.H2O/c1-10-5-11(2)7-14(6-10)16(18)8-12(3)15(17)13(4)9-16;;;/h5-8H,9,17-18H2,1-4H3;2*1H;1H2. The minimum atomic E-state index is -0.423. The summed E-state index contributed by atoms with van der Waals surface area (Å²) in [7, 11) is 0. The van der Waals surface area contributed by atoms with Crippen LogP contribution in [0.25, 0.3) is 0 Å². The third-order valence-electron chi connectivity index (χ3n) is 3.68. The Morgan fingerprint density at radius 3 is 1.86 bits per heavy atom. The summed E-state index contributed by atoms with van der Waals surface area (Å²) in [6, 6.07) is 6.51. The second-order valence-corrected chi connectivity index (χ2v) is 5.61. The molecule has 0 bridgehead atoms. The van der Waals surface area contributed by atoms with Crippen molar-refractivity contribution >= 4 is 24.8 Å². The Balaban J connectivity index is 0. The van der Waals surface area contributed by atoms with E-state index in [0.29, 0.717) is 0 Å². The summed E-state index contributed by atoms with van der Waals surface area (Å²) in [5.74, 6) is 0. The van der Waals surface area contributed by atoms with E-state index in [9.17, 15) is 0 Å². The van der Waals surface area contributed by atoms with Gasteiger partial charge in [0.05, 0.1) is 5.54 Å². The highest BCUT2D eigenvalue weighted by molar-refractivity contribution is 5.85. The molecule has 0 radical (unpaired) electrons. The molecule has 2 rings (SSSR count). The lowest BCUT2D eigenvalue weighted by Crippen LogP contribution is -2.38. The number of aryl methyl sites for hydroxylation is 2. The first kappa shape index (κ1) is 22.3. The van der Waals surface area contributed by atoms with Crippen LogP contribution in [0.5, 0.6) is 0 Å². The number of hydrogen-bond acceptors (Lipinski definition) is 2. The molecular formula is C16H26Cl2N2O. The smallest absolute Gasteiger partial charge is 0.0640 e. The van der Waals surface area contributed by atoms with Gasteiger partial charge in [-0.05, 0) is 50.8 Å². The van der Waals surface area contributed by atoms with Crippen molar-refractivity contribution in [3.8, 4) is 0 Å². The molecule has 0 amide bonds. The van der Waals surface area contributed by atoms with Crippen LogP contribution >= 0.6 is 24.8 Å². The first-order valence-electron chi connectivity index (χ1n) is 6.34. The minimum Gasteiger partial charge on any atom is -0.412 e. The van der Waals surface area contributed by atoms with Crippen LogP contribution in [0.2, 0.25) is 0 Å². The fourth-order valence-electron chi connectivity index (χ4n) is 2.81. The molecule has 0 aliphatic heterocycles. The Morgan fingerprint density at radius 2 is 1.43 bits per heavy atom. The third kappa shape index (κ3) is 4.48. The van der Waals surface area contributed by atoms with E-state index in [0.717, 1.165) is 17.7 Å². The molecule has 1 aliphatic rings. The van der Waals surface area contributed by atoms with Crippen molar-refractivity contribution in [2.24, 2.45) is 11.5 Å². The highest BCUT2D eigenvalue weighted by atomic mass is 35.5. The summed E-state index contributed by atoms with van der Waals surface area (Å²) >= 11 is 0. The maximum absolute atomic E-state index is 6.60. The highest BCUT2D eigenvalue weighted by Gasteiger charge is 2.30. The first-order chi connectivity index (χ1) is 8.32. The molecule has 21 heavy (non-hydrogen) atoms. The van der Waals surface area contributed by atoms with E-state index in [2.05, 4.69) is 45.0 Å². The molecule has 1 atom stereocenters.